The molecular formula is C12H14O4. The molecular weight excluding hydrogens is 208 g/mol. The highest BCUT2D eigenvalue weighted by molar-refractivity contribution is 5.93. The summed E-state index contributed by atoms with van der Waals surface area (Å²) in [6, 6.07) is 9.21. The van der Waals surface area contributed by atoms with Crippen molar-refractivity contribution < 1.29 is 19.0 Å². The number of carbonyl (C=O) groups excluding carboxylic acids is 1. The van der Waals surface area contributed by atoms with E-state index in [2.05, 4.69) is 4.74 Å². The molecule has 4 nitrogen and oxygen atoms in total. The van der Waals surface area contributed by atoms with Crippen LogP contribution in [-0.2, 0) is 19.0 Å². The van der Waals surface area contributed by atoms with Gasteiger partial charge in [-0.25, -0.2) is 4.79 Å². The Labute approximate surface area is 94.4 Å². The third-order valence-electron chi connectivity index (χ3n) is 2.02. The van der Waals surface area contributed by atoms with Crippen LogP contribution in [0.4, 0.5) is 0 Å². The zero-order chi connectivity index (χ0) is 12.0. The van der Waals surface area contributed by atoms with Gasteiger partial charge in [0.05, 0.1) is 21.3 Å². The maximum absolute atomic E-state index is 11.4. The van der Waals surface area contributed by atoms with E-state index in [1.807, 2.05) is 30.3 Å². The van der Waals surface area contributed by atoms with Crippen LogP contribution in [0.2, 0.25) is 0 Å². The van der Waals surface area contributed by atoms with E-state index in [-0.39, 0.29) is 5.76 Å². The fourth-order valence-electron chi connectivity index (χ4n) is 1.29. The van der Waals surface area contributed by atoms with Crippen molar-refractivity contribution in [3.63, 3.8) is 0 Å². The molecule has 0 unspecified atom stereocenters. The highest BCUT2D eigenvalue weighted by Crippen LogP contribution is 2.20. The van der Waals surface area contributed by atoms with Crippen LogP contribution in [0.1, 0.15) is 5.56 Å². The second-order valence-electron chi connectivity index (χ2n) is 2.92. The molecule has 0 bridgehead atoms. The van der Waals surface area contributed by atoms with Crippen LogP contribution in [0.15, 0.2) is 36.1 Å². The fourth-order valence-corrected chi connectivity index (χ4v) is 1.29. The number of benzene rings is 1. The van der Waals surface area contributed by atoms with Gasteiger partial charge < -0.3 is 14.2 Å². The smallest absolute Gasteiger partial charge is 0.377 e. The molecule has 86 valence electrons. The van der Waals surface area contributed by atoms with E-state index >= 15 is 0 Å². The summed E-state index contributed by atoms with van der Waals surface area (Å²) in [4.78, 5) is 11.4. The van der Waals surface area contributed by atoms with Crippen LogP contribution in [0.25, 0.3) is 5.76 Å². The Morgan fingerprint density at radius 2 is 1.56 bits per heavy atom. The first-order valence-corrected chi connectivity index (χ1v) is 4.70. The van der Waals surface area contributed by atoms with Crippen LogP contribution < -0.4 is 0 Å². The van der Waals surface area contributed by atoms with Gasteiger partial charge >= 0.3 is 5.97 Å². The summed E-state index contributed by atoms with van der Waals surface area (Å²) in [6.07, 6.45) is 0. The van der Waals surface area contributed by atoms with E-state index in [1.54, 1.807) is 0 Å². The van der Waals surface area contributed by atoms with Gasteiger partial charge in [-0.05, 0) is 0 Å². The molecule has 0 saturated heterocycles. The zero-order valence-corrected chi connectivity index (χ0v) is 9.52. The standard InChI is InChI=1S/C12H14O4/c1-14-10(9-7-5-4-6-8-9)11(15-2)12(13)16-3/h4-8H,1-3H3. The average Bonchev–Trinajstić information content (AvgIpc) is 2.36. The van der Waals surface area contributed by atoms with Gasteiger partial charge in [-0.2, -0.15) is 0 Å². The molecule has 0 heterocycles. The van der Waals surface area contributed by atoms with Crippen molar-refractivity contribution >= 4 is 11.7 Å². The number of carbonyl (C=O) groups is 1. The molecule has 1 aromatic carbocycles. The molecule has 1 aromatic rings. The Kier molecular flexibility index (Phi) is 4.39. The molecule has 0 saturated carbocycles. The van der Waals surface area contributed by atoms with Crippen molar-refractivity contribution in [1.82, 2.24) is 0 Å². The Bertz CT molecular complexity index is 381. The van der Waals surface area contributed by atoms with Crippen LogP contribution in [-0.4, -0.2) is 27.3 Å². The molecule has 1 rings (SSSR count). The molecule has 0 aliphatic heterocycles. The van der Waals surface area contributed by atoms with Crippen molar-refractivity contribution in [3.8, 4) is 0 Å². The van der Waals surface area contributed by atoms with Gasteiger partial charge in [0, 0.05) is 5.56 Å². The molecule has 0 aromatic heterocycles. The second-order valence-corrected chi connectivity index (χ2v) is 2.92. The SMILES string of the molecule is COC(=O)C(OC)=C(OC)c1ccccc1. The minimum atomic E-state index is -0.566. The number of ether oxygens (including phenoxy) is 3. The van der Waals surface area contributed by atoms with Crippen molar-refractivity contribution in [2.45, 2.75) is 0 Å². The Balaban J connectivity index is 3.21. The topological polar surface area (TPSA) is 44.8 Å². The third kappa shape index (κ3) is 2.53. The Morgan fingerprint density at radius 1 is 0.938 bits per heavy atom. The lowest BCUT2D eigenvalue weighted by atomic mass is 10.1. The number of hydrogen-bond acceptors (Lipinski definition) is 4. The van der Waals surface area contributed by atoms with Crippen molar-refractivity contribution in [2.24, 2.45) is 0 Å². The zero-order valence-electron chi connectivity index (χ0n) is 9.52. The first-order chi connectivity index (χ1) is 7.74. The lowest BCUT2D eigenvalue weighted by molar-refractivity contribution is -0.139. The van der Waals surface area contributed by atoms with Gasteiger partial charge in [-0.3, -0.25) is 0 Å². The van der Waals surface area contributed by atoms with Gasteiger partial charge in [0.15, 0.2) is 5.76 Å². The van der Waals surface area contributed by atoms with Gasteiger partial charge in [0.1, 0.15) is 0 Å². The summed E-state index contributed by atoms with van der Waals surface area (Å²) >= 11 is 0. The molecule has 0 radical (unpaired) electrons. The fraction of sp³-hybridized carbons (Fsp3) is 0.250. The first kappa shape index (κ1) is 12.1. The van der Waals surface area contributed by atoms with E-state index in [9.17, 15) is 4.79 Å². The predicted octanol–water partition coefficient (Wildman–Crippen LogP) is 1.82. The molecule has 0 amide bonds. The van der Waals surface area contributed by atoms with Crippen LogP contribution in [0.3, 0.4) is 0 Å². The summed E-state index contributed by atoms with van der Waals surface area (Å²) in [6.45, 7) is 0. The highest BCUT2D eigenvalue weighted by atomic mass is 16.6. The number of methoxy groups -OCH3 is 3. The second kappa shape index (κ2) is 5.80. The van der Waals surface area contributed by atoms with Gasteiger partial charge in [-0.1, -0.05) is 30.3 Å². The van der Waals surface area contributed by atoms with Crippen LogP contribution >= 0.6 is 0 Å². The summed E-state index contributed by atoms with van der Waals surface area (Å²) in [7, 11) is 4.16. The molecule has 0 aliphatic carbocycles. The monoisotopic (exact) mass is 222 g/mol. The maximum atomic E-state index is 11.4. The number of esters is 1. The number of hydrogen-bond donors (Lipinski definition) is 0. The van der Waals surface area contributed by atoms with Gasteiger partial charge in [0.2, 0.25) is 5.76 Å². The Hall–Kier alpha value is -1.97. The van der Waals surface area contributed by atoms with Crippen molar-refractivity contribution in [1.29, 1.82) is 0 Å². The highest BCUT2D eigenvalue weighted by Gasteiger charge is 2.19. The van der Waals surface area contributed by atoms with E-state index in [0.29, 0.717) is 5.76 Å². The van der Waals surface area contributed by atoms with Crippen molar-refractivity contribution in [2.75, 3.05) is 21.3 Å². The summed E-state index contributed by atoms with van der Waals surface area (Å²) in [5.41, 5.74) is 0.757. The normalized spacial score (nSPS) is 11.4. The first-order valence-electron chi connectivity index (χ1n) is 4.70. The number of rotatable bonds is 4. The van der Waals surface area contributed by atoms with E-state index in [1.165, 1.54) is 21.3 Å². The minimum Gasteiger partial charge on any atom is -0.492 e. The van der Waals surface area contributed by atoms with Crippen molar-refractivity contribution in [3.05, 3.63) is 41.7 Å². The molecule has 0 atom stereocenters. The predicted molar refractivity (Wildman–Crippen MR) is 59.4 cm³/mol. The minimum absolute atomic E-state index is 0.0520. The lowest BCUT2D eigenvalue weighted by Crippen LogP contribution is -2.10. The van der Waals surface area contributed by atoms with E-state index in [0.717, 1.165) is 5.56 Å². The van der Waals surface area contributed by atoms with E-state index < -0.39 is 5.97 Å². The summed E-state index contributed by atoms with van der Waals surface area (Å²) in [5, 5.41) is 0. The lowest BCUT2D eigenvalue weighted by Gasteiger charge is -2.11. The van der Waals surface area contributed by atoms with Crippen LogP contribution in [0, 0.1) is 0 Å². The summed E-state index contributed by atoms with van der Waals surface area (Å²) < 4.78 is 14.8. The van der Waals surface area contributed by atoms with E-state index in [4.69, 9.17) is 9.47 Å². The van der Waals surface area contributed by atoms with Gasteiger partial charge in [0.25, 0.3) is 0 Å². The molecule has 16 heavy (non-hydrogen) atoms. The average molecular weight is 222 g/mol. The Morgan fingerprint density at radius 3 is 2.00 bits per heavy atom. The summed E-state index contributed by atoms with van der Waals surface area (Å²) in [5.74, 6) is -0.158. The molecule has 0 aliphatic rings. The molecule has 4 heteroatoms. The maximum Gasteiger partial charge on any atom is 0.377 e. The van der Waals surface area contributed by atoms with Gasteiger partial charge in [-0.15, -0.1) is 0 Å². The molecule has 0 fully saturated rings. The quantitative estimate of drug-likeness (QED) is 0.443. The molecule has 0 spiro atoms. The third-order valence-corrected chi connectivity index (χ3v) is 2.02. The largest absolute Gasteiger partial charge is 0.492 e. The van der Waals surface area contributed by atoms with Crippen LogP contribution in [0.5, 0.6) is 0 Å². The molecule has 0 N–H and O–H groups in total.